The predicted molar refractivity (Wildman–Crippen MR) is 141 cm³/mol. The van der Waals surface area contributed by atoms with Crippen LogP contribution in [0.1, 0.15) is 70.6 Å². The molecule has 0 bridgehead atoms. The van der Waals surface area contributed by atoms with Crippen molar-refractivity contribution in [2.24, 2.45) is 0 Å². The van der Waals surface area contributed by atoms with Gasteiger partial charge in [0.25, 0.3) is 5.97 Å². The first-order chi connectivity index (χ1) is 16.5. The Morgan fingerprint density at radius 3 is 2.47 bits per heavy atom. The number of ether oxygens (including phenoxy) is 3. The Labute approximate surface area is 254 Å². The summed E-state index contributed by atoms with van der Waals surface area (Å²) < 4.78 is 23.8. The van der Waals surface area contributed by atoms with Crippen molar-refractivity contribution in [2.75, 3.05) is 6.61 Å². The number of esters is 2. The Morgan fingerprint density at radius 2 is 1.83 bits per heavy atom. The van der Waals surface area contributed by atoms with Gasteiger partial charge < -0.3 is 28.6 Å². The van der Waals surface area contributed by atoms with Gasteiger partial charge in [0.1, 0.15) is 5.75 Å². The van der Waals surface area contributed by atoms with Crippen molar-refractivity contribution in [3.8, 4) is 11.6 Å². The number of unbranched alkanes of at least 4 members (excludes halogenated alkanes) is 3. The molecule has 0 radical (unpaired) electrons. The molecule has 9 heteroatoms. The first kappa shape index (κ1) is 36.6. The minimum atomic E-state index is -0.382. The fourth-order valence-corrected chi connectivity index (χ4v) is 3.24. The van der Waals surface area contributed by atoms with Crippen LogP contribution in [0.15, 0.2) is 30.3 Å². The Morgan fingerprint density at radius 1 is 1.11 bits per heavy atom. The van der Waals surface area contributed by atoms with Gasteiger partial charge in [-0.15, -0.1) is 4.37 Å². The van der Waals surface area contributed by atoms with E-state index < -0.39 is 0 Å². The third-order valence-electron chi connectivity index (χ3n) is 4.46. The molecule has 2 aromatic rings. The molecule has 1 heterocycles. The maximum absolute atomic E-state index is 11.3. The van der Waals surface area contributed by atoms with E-state index in [1.807, 2.05) is 6.08 Å². The Bertz CT molecular complexity index is 902. The largest absolute Gasteiger partial charge is 0.637 e. The van der Waals surface area contributed by atoms with Crippen LogP contribution in [-0.2, 0) is 20.7 Å². The van der Waals surface area contributed by atoms with Gasteiger partial charge >= 0.3 is 5.97 Å². The molecule has 200 valence electrons. The van der Waals surface area contributed by atoms with Gasteiger partial charge in [-0.3, -0.25) is 9.59 Å². The van der Waals surface area contributed by atoms with Crippen molar-refractivity contribution < 1.29 is 64.6 Å². The van der Waals surface area contributed by atoms with Crippen LogP contribution in [0.4, 0.5) is 0 Å². The number of carbonyl (C=O) groups excluding carboxylic acids is 2. The number of hydrogen-bond acceptors (Lipinski definition) is 8. The SMILES string of the molecule is C[CH-]OC(=O)Cc1ccccc1OC(=O)CC.[CH2-]C/C=C(\[CH2-])c1nsnc1OCCCCCC.[CH3-].[Nd]. The third kappa shape index (κ3) is 14.9. The van der Waals surface area contributed by atoms with Crippen LogP contribution in [0.5, 0.6) is 11.6 Å². The van der Waals surface area contributed by atoms with E-state index in [9.17, 15) is 9.59 Å². The molecular formula is C27H38N2NdO5S-4. The molecule has 0 N–H and O–H groups in total. The standard InChI is InChI=1S/C13H20N2OS.C13H15O4.CH3.Nd/c1-4-6-7-8-10-16-13-12(14-17-15-13)11(3)9-5-2;1-3-12(14)17-11-8-6-5-7-10(11)9-13(15)16-4-2;;/h9H,2-8,10H2,1H3;4-8H,3,9H2,1-2H3;1H3;/q-2;2*-1;/b11-9+;;;. The quantitative estimate of drug-likeness (QED) is 0.104. The number of hydrogen-bond donors (Lipinski definition) is 0. The molecular weight excluding hydrogens is 609 g/mol. The van der Waals surface area contributed by atoms with E-state index in [1.54, 1.807) is 38.1 Å². The van der Waals surface area contributed by atoms with Gasteiger partial charge in [0.15, 0.2) is 5.88 Å². The smallest absolute Gasteiger partial charge is 0.310 e. The summed E-state index contributed by atoms with van der Waals surface area (Å²) in [4.78, 5) is 22.5. The van der Waals surface area contributed by atoms with Crippen molar-refractivity contribution in [1.82, 2.24) is 8.75 Å². The van der Waals surface area contributed by atoms with Crippen LogP contribution >= 0.6 is 11.7 Å². The molecule has 0 aliphatic carbocycles. The second-order valence-corrected chi connectivity index (χ2v) is 7.71. The van der Waals surface area contributed by atoms with E-state index in [2.05, 4.69) is 29.5 Å². The van der Waals surface area contributed by atoms with Gasteiger partial charge in [-0.05, 0) is 12.5 Å². The van der Waals surface area contributed by atoms with Crippen LogP contribution in [-0.4, -0.2) is 27.3 Å². The maximum Gasteiger partial charge on any atom is 0.310 e. The zero-order valence-electron chi connectivity index (χ0n) is 21.9. The first-order valence-corrected chi connectivity index (χ1v) is 12.2. The Hall–Kier alpha value is -1.52. The van der Waals surface area contributed by atoms with Gasteiger partial charge in [-0.2, -0.15) is 26.0 Å². The molecule has 7 nitrogen and oxygen atoms in total. The van der Waals surface area contributed by atoms with E-state index >= 15 is 0 Å². The van der Waals surface area contributed by atoms with E-state index in [0.717, 1.165) is 29.4 Å². The summed E-state index contributed by atoms with van der Waals surface area (Å²) in [6.45, 7) is 15.3. The molecule has 0 spiro atoms. The van der Waals surface area contributed by atoms with Gasteiger partial charge in [-0.1, -0.05) is 51.3 Å². The minimum absolute atomic E-state index is 0. The summed E-state index contributed by atoms with van der Waals surface area (Å²) in [7, 11) is 0. The Kier molecular flexibility index (Phi) is 23.1. The molecule has 0 aliphatic heterocycles. The second kappa shape index (κ2) is 22.7. The molecule has 0 atom stereocenters. The number of allylic oxidation sites excluding steroid dienone is 2. The van der Waals surface area contributed by atoms with E-state index in [1.165, 1.54) is 25.9 Å². The number of rotatable bonds is 13. The van der Waals surface area contributed by atoms with Gasteiger partial charge in [0, 0.05) is 58.5 Å². The fourth-order valence-electron chi connectivity index (χ4n) is 2.71. The average Bonchev–Trinajstić information content (AvgIpc) is 3.29. The monoisotopic (exact) mass is 644 g/mol. The summed E-state index contributed by atoms with van der Waals surface area (Å²) in [5, 5.41) is 0. The number of carbonyl (C=O) groups is 2. The number of aromatic nitrogens is 2. The second-order valence-electron chi connectivity index (χ2n) is 7.18. The molecule has 1 aromatic heterocycles. The molecule has 0 unspecified atom stereocenters. The molecule has 0 amide bonds. The summed E-state index contributed by atoms with van der Waals surface area (Å²) in [5.41, 5.74) is 2.24. The normalized spacial score (nSPS) is 10.2. The van der Waals surface area contributed by atoms with Crippen molar-refractivity contribution in [2.45, 2.75) is 65.7 Å². The van der Waals surface area contributed by atoms with Crippen LogP contribution in [0.2, 0.25) is 0 Å². The van der Waals surface area contributed by atoms with E-state index in [0.29, 0.717) is 36.6 Å². The van der Waals surface area contributed by atoms with Gasteiger partial charge in [0.05, 0.1) is 24.8 Å². The van der Waals surface area contributed by atoms with Crippen molar-refractivity contribution in [3.63, 3.8) is 0 Å². The molecule has 36 heavy (non-hydrogen) atoms. The Balaban J connectivity index is 0. The fraction of sp³-hybridized carbons (Fsp3) is 0.407. The molecule has 0 fully saturated rings. The van der Waals surface area contributed by atoms with Crippen LogP contribution in [0, 0.1) is 68.7 Å². The van der Waals surface area contributed by atoms with E-state index in [-0.39, 0.29) is 66.6 Å². The molecule has 0 aliphatic rings. The van der Waals surface area contributed by atoms with Gasteiger partial charge in [0.2, 0.25) is 0 Å². The number of benzene rings is 1. The summed E-state index contributed by atoms with van der Waals surface area (Å²) in [6.07, 6.45) is 7.77. The number of para-hydroxylation sites is 1. The molecule has 1 aromatic carbocycles. The number of nitrogens with zero attached hydrogens (tertiary/aromatic N) is 2. The van der Waals surface area contributed by atoms with Crippen LogP contribution in [0.3, 0.4) is 0 Å². The zero-order chi connectivity index (χ0) is 25.2. The topological polar surface area (TPSA) is 87.6 Å². The van der Waals surface area contributed by atoms with Crippen LogP contribution < -0.4 is 9.47 Å². The van der Waals surface area contributed by atoms with Crippen molar-refractivity contribution in [1.29, 1.82) is 0 Å². The van der Waals surface area contributed by atoms with Gasteiger partial charge in [-0.25, -0.2) is 16.9 Å². The maximum atomic E-state index is 11.3. The zero-order valence-corrected chi connectivity index (χ0v) is 25.9. The summed E-state index contributed by atoms with van der Waals surface area (Å²) >= 11 is 1.16. The first-order valence-electron chi connectivity index (χ1n) is 11.5. The summed E-state index contributed by atoms with van der Waals surface area (Å²) in [6, 6.07) is 6.92. The molecule has 0 saturated heterocycles. The third-order valence-corrected chi connectivity index (χ3v) is 4.97. The van der Waals surface area contributed by atoms with Crippen LogP contribution in [0.25, 0.3) is 5.57 Å². The molecule has 2 rings (SSSR count). The minimum Gasteiger partial charge on any atom is -0.637 e. The summed E-state index contributed by atoms with van der Waals surface area (Å²) in [5.74, 6) is 0.314. The van der Waals surface area contributed by atoms with E-state index in [4.69, 9.17) is 14.2 Å². The average molecular weight is 647 g/mol. The predicted octanol–water partition coefficient (Wildman–Crippen LogP) is 6.66. The van der Waals surface area contributed by atoms with Crippen molar-refractivity contribution >= 4 is 29.2 Å². The van der Waals surface area contributed by atoms with Crippen molar-refractivity contribution in [3.05, 3.63) is 69.5 Å². The molecule has 0 saturated carbocycles.